The topological polar surface area (TPSA) is 134 Å². The molecule has 9 heteroatoms. The molecule has 0 aliphatic carbocycles. The number of rotatable bonds is 2. The zero-order chi connectivity index (χ0) is 14.2. The van der Waals surface area contributed by atoms with Gasteiger partial charge in [-0.3, -0.25) is 4.57 Å². The standard InChI is InChI=1S/C10H15N3O5S/c11-5-1-2-13(10(19)12-5)9-8(17)7(16)6(15)4(3-14)18-9/h1-2,4,6-9,14-17H,3H2,(H2,11,12,19)/t4?,6-,7?,8+,9+/m1/s1. The van der Waals surface area contributed by atoms with Crippen LogP contribution in [0.1, 0.15) is 6.23 Å². The lowest BCUT2D eigenvalue weighted by atomic mass is 9.98. The van der Waals surface area contributed by atoms with E-state index in [0.29, 0.717) is 0 Å². The molecule has 106 valence electrons. The first-order valence-electron chi connectivity index (χ1n) is 5.61. The van der Waals surface area contributed by atoms with Crippen LogP contribution in [0.5, 0.6) is 0 Å². The normalized spacial score (nSPS) is 35.3. The van der Waals surface area contributed by atoms with E-state index in [9.17, 15) is 15.3 Å². The predicted octanol–water partition coefficient (Wildman–Crippen LogP) is -1.83. The number of nitrogen functional groups attached to an aromatic ring is 1. The van der Waals surface area contributed by atoms with Crippen molar-refractivity contribution in [1.82, 2.24) is 9.55 Å². The van der Waals surface area contributed by atoms with Crippen LogP contribution in [0.3, 0.4) is 0 Å². The van der Waals surface area contributed by atoms with Gasteiger partial charge in [0.1, 0.15) is 30.2 Å². The summed E-state index contributed by atoms with van der Waals surface area (Å²) in [6.07, 6.45) is -4.88. The van der Waals surface area contributed by atoms with Gasteiger partial charge < -0.3 is 30.9 Å². The first kappa shape index (κ1) is 14.3. The Morgan fingerprint density at radius 2 is 2.00 bits per heavy atom. The first-order valence-corrected chi connectivity index (χ1v) is 6.01. The summed E-state index contributed by atoms with van der Waals surface area (Å²) in [5.41, 5.74) is 5.47. The molecular formula is C10H15N3O5S. The molecule has 2 heterocycles. The maximum Gasteiger partial charge on any atom is 0.203 e. The van der Waals surface area contributed by atoms with E-state index in [1.807, 2.05) is 0 Å². The monoisotopic (exact) mass is 289 g/mol. The maximum absolute atomic E-state index is 9.93. The maximum atomic E-state index is 9.93. The molecule has 0 saturated carbocycles. The first-order chi connectivity index (χ1) is 8.95. The minimum absolute atomic E-state index is 0.0596. The number of nitrogens with zero attached hydrogens (tertiary/aromatic N) is 2. The van der Waals surface area contributed by atoms with Gasteiger partial charge >= 0.3 is 0 Å². The van der Waals surface area contributed by atoms with Gasteiger partial charge in [-0.1, -0.05) is 0 Å². The van der Waals surface area contributed by atoms with E-state index >= 15 is 0 Å². The molecule has 0 spiro atoms. The van der Waals surface area contributed by atoms with Crippen molar-refractivity contribution in [2.24, 2.45) is 0 Å². The minimum Gasteiger partial charge on any atom is -0.394 e. The van der Waals surface area contributed by atoms with E-state index in [2.05, 4.69) is 4.98 Å². The Hall–Kier alpha value is -1.10. The van der Waals surface area contributed by atoms with Crippen LogP contribution in [-0.4, -0.2) is 61.0 Å². The quantitative estimate of drug-likeness (QED) is 0.401. The van der Waals surface area contributed by atoms with Crippen molar-refractivity contribution in [2.45, 2.75) is 30.6 Å². The lowest BCUT2D eigenvalue weighted by Crippen LogP contribution is -2.56. The lowest BCUT2D eigenvalue weighted by molar-refractivity contribution is -0.251. The summed E-state index contributed by atoms with van der Waals surface area (Å²) in [6.45, 7) is -0.503. The molecule has 0 radical (unpaired) electrons. The highest BCUT2D eigenvalue weighted by Gasteiger charge is 2.44. The van der Waals surface area contributed by atoms with Crippen molar-refractivity contribution in [2.75, 3.05) is 12.3 Å². The van der Waals surface area contributed by atoms with E-state index in [4.69, 9.17) is 27.8 Å². The number of nitrogens with two attached hydrogens (primary N) is 1. The average Bonchev–Trinajstić information content (AvgIpc) is 2.38. The van der Waals surface area contributed by atoms with E-state index < -0.39 is 37.3 Å². The lowest BCUT2D eigenvalue weighted by Gasteiger charge is -2.40. The molecule has 8 nitrogen and oxygen atoms in total. The second kappa shape index (κ2) is 5.49. The molecule has 2 unspecified atom stereocenters. The molecule has 2 rings (SSSR count). The molecule has 1 saturated heterocycles. The zero-order valence-electron chi connectivity index (χ0n) is 9.83. The Morgan fingerprint density at radius 1 is 1.32 bits per heavy atom. The molecular weight excluding hydrogens is 274 g/mol. The fraction of sp³-hybridized carbons (Fsp3) is 0.600. The van der Waals surface area contributed by atoms with E-state index in [1.165, 1.54) is 16.8 Å². The molecule has 0 amide bonds. The number of aromatic nitrogens is 2. The van der Waals surface area contributed by atoms with Crippen LogP contribution in [-0.2, 0) is 4.74 Å². The van der Waals surface area contributed by atoms with Gasteiger partial charge in [0.2, 0.25) is 4.77 Å². The highest BCUT2D eigenvalue weighted by molar-refractivity contribution is 7.71. The highest BCUT2D eigenvalue weighted by Crippen LogP contribution is 2.28. The molecule has 1 aliphatic heterocycles. The Bertz CT molecular complexity index is 508. The summed E-state index contributed by atoms with van der Waals surface area (Å²) in [5.74, 6) is 0.214. The Morgan fingerprint density at radius 3 is 2.58 bits per heavy atom. The third kappa shape index (κ3) is 2.61. The molecule has 0 bridgehead atoms. The summed E-state index contributed by atoms with van der Waals surface area (Å²) in [7, 11) is 0. The predicted molar refractivity (Wildman–Crippen MR) is 66.5 cm³/mol. The van der Waals surface area contributed by atoms with Gasteiger partial charge in [0.05, 0.1) is 6.61 Å². The highest BCUT2D eigenvalue weighted by atomic mass is 32.1. The van der Waals surface area contributed by atoms with Crippen LogP contribution >= 0.6 is 12.2 Å². The number of hydrogen-bond donors (Lipinski definition) is 5. The summed E-state index contributed by atoms with van der Waals surface area (Å²) in [5, 5.41) is 38.4. The summed E-state index contributed by atoms with van der Waals surface area (Å²) < 4.78 is 6.70. The van der Waals surface area contributed by atoms with Crippen LogP contribution < -0.4 is 5.73 Å². The van der Waals surface area contributed by atoms with Crippen LogP contribution in [0.15, 0.2) is 12.3 Å². The number of anilines is 1. The molecule has 1 aliphatic rings. The van der Waals surface area contributed by atoms with Crippen LogP contribution in [0, 0.1) is 4.77 Å². The van der Waals surface area contributed by atoms with Gasteiger partial charge in [-0.25, -0.2) is 4.98 Å². The molecule has 1 aromatic heterocycles. The zero-order valence-corrected chi connectivity index (χ0v) is 10.6. The number of hydrogen-bond acceptors (Lipinski definition) is 8. The van der Waals surface area contributed by atoms with Gasteiger partial charge in [0, 0.05) is 6.20 Å². The molecule has 1 fully saturated rings. The van der Waals surface area contributed by atoms with E-state index in [1.54, 1.807) is 0 Å². The minimum atomic E-state index is -1.46. The van der Waals surface area contributed by atoms with Gasteiger partial charge in [-0.2, -0.15) is 0 Å². The largest absolute Gasteiger partial charge is 0.394 e. The molecule has 1 aromatic rings. The van der Waals surface area contributed by atoms with Gasteiger partial charge in [0.25, 0.3) is 0 Å². The van der Waals surface area contributed by atoms with Gasteiger partial charge in [0.15, 0.2) is 6.23 Å². The fourth-order valence-corrected chi connectivity index (χ4v) is 2.20. The van der Waals surface area contributed by atoms with Gasteiger partial charge in [-0.15, -0.1) is 0 Å². The molecule has 6 N–H and O–H groups in total. The molecule has 0 aromatic carbocycles. The SMILES string of the molecule is Nc1ccn([C@H]2OC(CO)[C@@H](O)C(O)[C@@H]2O)c(=S)n1. The van der Waals surface area contributed by atoms with Crippen molar-refractivity contribution in [3.05, 3.63) is 17.0 Å². The van der Waals surface area contributed by atoms with Crippen molar-refractivity contribution in [3.63, 3.8) is 0 Å². The van der Waals surface area contributed by atoms with Crippen molar-refractivity contribution >= 4 is 18.0 Å². The summed E-state index contributed by atoms with van der Waals surface area (Å²) >= 11 is 4.99. The number of aliphatic hydroxyl groups excluding tert-OH is 4. The smallest absolute Gasteiger partial charge is 0.203 e. The van der Waals surface area contributed by atoms with Crippen molar-refractivity contribution < 1.29 is 25.2 Å². The van der Waals surface area contributed by atoms with E-state index in [0.717, 1.165) is 0 Å². The fourth-order valence-electron chi connectivity index (χ4n) is 1.93. The van der Waals surface area contributed by atoms with Crippen molar-refractivity contribution in [1.29, 1.82) is 0 Å². The molecule has 19 heavy (non-hydrogen) atoms. The van der Waals surface area contributed by atoms with Crippen LogP contribution in [0.25, 0.3) is 0 Å². The van der Waals surface area contributed by atoms with E-state index in [-0.39, 0.29) is 10.6 Å². The summed E-state index contributed by atoms with van der Waals surface area (Å²) in [6, 6.07) is 1.46. The number of aliphatic hydroxyl groups is 4. The average molecular weight is 289 g/mol. The summed E-state index contributed by atoms with van der Waals surface area (Å²) in [4.78, 5) is 3.84. The van der Waals surface area contributed by atoms with Crippen molar-refractivity contribution in [3.8, 4) is 0 Å². The Labute approximate surface area is 113 Å². The Balaban J connectivity index is 2.35. The second-order valence-electron chi connectivity index (χ2n) is 4.26. The van der Waals surface area contributed by atoms with Crippen LogP contribution in [0.4, 0.5) is 5.82 Å². The third-order valence-electron chi connectivity index (χ3n) is 2.99. The number of ether oxygens (including phenoxy) is 1. The van der Waals surface area contributed by atoms with Gasteiger partial charge in [-0.05, 0) is 18.3 Å². The third-order valence-corrected chi connectivity index (χ3v) is 3.29. The molecule has 5 atom stereocenters. The van der Waals surface area contributed by atoms with Crippen LogP contribution in [0.2, 0.25) is 0 Å². The Kier molecular flexibility index (Phi) is 4.13. The second-order valence-corrected chi connectivity index (χ2v) is 4.63.